The van der Waals surface area contributed by atoms with E-state index in [1.54, 1.807) is 19.1 Å². The summed E-state index contributed by atoms with van der Waals surface area (Å²) in [6, 6.07) is 7.41. The number of hydrogen-bond donors (Lipinski definition) is 2. The van der Waals surface area contributed by atoms with Gasteiger partial charge in [0.05, 0.1) is 6.54 Å². The topological polar surface area (TPSA) is 62.5 Å². The molecule has 0 fully saturated rings. The number of aryl methyl sites for hydroxylation is 1. The predicted molar refractivity (Wildman–Crippen MR) is 64.1 cm³/mol. The number of carboxylic acid groups (broad SMARTS) is 1. The third-order valence-electron chi connectivity index (χ3n) is 2.51. The third kappa shape index (κ3) is 2.68. The first kappa shape index (κ1) is 12.2. The van der Waals surface area contributed by atoms with E-state index < -0.39 is 5.97 Å². The third-order valence-corrected chi connectivity index (χ3v) is 2.51. The molecule has 94 valence electrons. The van der Waals surface area contributed by atoms with E-state index in [1.807, 2.05) is 0 Å². The summed E-state index contributed by atoms with van der Waals surface area (Å²) in [5.41, 5.74) is 1.56. The maximum Gasteiger partial charge on any atom is 0.371 e. The number of anilines is 1. The minimum Gasteiger partial charge on any atom is -0.475 e. The molecule has 18 heavy (non-hydrogen) atoms. The molecule has 2 rings (SSSR count). The Labute approximate surface area is 103 Å². The van der Waals surface area contributed by atoms with Gasteiger partial charge in [-0.2, -0.15) is 0 Å². The van der Waals surface area contributed by atoms with Gasteiger partial charge in [0.15, 0.2) is 0 Å². The SMILES string of the molecule is Cc1cc(F)ccc1NCc1ccc(C(=O)O)o1. The molecule has 0 saturated carbocycles. The normalized spacial score (nSPS) is 10.3. The zero-order valence-electron chi connectivity index (χ0n) is 9.74. The van der Waals surface area contributed by atoms with Crippen LogP contribution in [0, 0.1) is 12.7 Å². The van der Waals surface area contributed by atoms with Gasteiger partial charge in [-0.1, -0.05) is 0 Å². The molecule has 0 bridgehead atoms. The van der Waals surface area contributed by atoms with E-state index >= 15 is 0 Å². The van der Waals surface area contributed by atoms with Crippen LogP contribution in [0.3, 0.4) is 0 Å². The van der Waals surface area contributed by atoms with Crippen LogP contribution in [0.1, 0.15) is 21.9 Å². The highest BCUT2D eigenvalue weighted by molar-refractivity contribution is 5.84. The van der Waals surface area contributed by atoms with E-state index in [9.17, 15) is 9.18 Å². The number of nitrogens with one attached hydrogen (secondary N) is 1. The van der Waals surface area contributed by atoms with Gasteiger partial charge in [0, 0.05) is 5.69 Å². The molecule has 0 aliphatic carbocycles. The second kappa shape index (κ2) is 4.91. The number of benzene rings is 1. The molecule has 0 spiro atoms. The average molecular weight is 249 g/mol. The Bertz CT molecular complexity index is 577. The lowest BCUT2D eigenvalue weighted by molar-refractivity contribution is 0.0660. The van der Waals surface area contributed by atoms with E-state index in [1.165, 1.54) is 18.2 Å². The molecule has 5 heteroatoms. The molecule has 1 aromatic heterocycles. The van der Waals surface area contributed by atoms with Crippen molar-refractivity contribution in [2.75, 3.05) is 5.32 Å². The predicted octanol–water partition coefficient (Wildman–Crippen LogP) is 3.04. The fourth-order valence-electron chi connectivity index (χ4n) is 1.60. The highest BCUT2D eigenvalue weighted by atomic mass is 19.1. The molecule has 0 amide bonds. The maximum atomic E-state index is 12.9. The number of halogens is 1. The molecule has 0 aliphatic rings. The summed E-state index contributed by atoms with van der Waals surface area (Å²) in [5, 5.41) is 11.8. The summed E-state index contributed by atoms with van der Waals surface area (Å²) < 4.78 is 18.0. The first-order chi connectivity index (χ1) is 8.56. The van der Waals surface area contributed by atoms with Crippen LogP contribution >= 0.6 is 0 Å². The zero-order valence-corrected chi connectivity index (χ0v) is 9.74. The Balaban J connectivity index is 2.04. The molecule has 2 N–H and O–H groups in total. The van der Waals surface area contributed by atoms with Crippen LogP contribution in [0.5, 0.6) is 0 Å². The van der Waals surface area contributed by atoms with Crippen molar-refractivity contribution in [2.45, 2.75) is 13.5 Å². The monoisotopic (exact) mass is 249 g/mol. The minimum atomic E-state index is -1.10. The summed E-state index contributed by atoms with van der Waals surface area (Å²) in [7, 11) is 0. The lowest BCUT2D eigenvalue weighted by Crippen LogP contribution is -2.00. The van der Waals surface area contributed by atoms with Gasteiger partial charge in [-0.25, -0.2) is 9.18 Å². The van der Waals surface area contributed by atoms with Crippen molar-refractivity contribution >= 4 is 11.7 Å². The molecule has 0 unspecified atom stereocenters. The van der Waals surface area contributed by atoms with Crippen molar-refractivity contribution in [1.29, 1.82) is 0 Å². The van der Waals surface area contributed by atoms with Crippen LogP contribution < -0.4 is 5.32 Å². The molecule has 0 radical (unpaired) electrons. The van der Waals surface area contributed by atoms with Crippen LogP contribution in [0.4, 0.5) is 10.1 Å². The average Bonchev–Trinajstić information content (AvgIpc) is 2.76. The number of rotatable bonds is 4. The highest BCUT2D eigenvalue weighted by Gasteiger charge is 2.08. The number of furan rings is 1. The van der Waals surface area contributed by atoms with E-state index in [-0.39, 0.29) is 11.6 Å². The van der Waals surface area contributed by atoms with Crippen LogP contribution in [-0.4, -0.2) is 11.1 Å². The van der Waals surface area contributed by atoms with Gasteiger partial charge in [0.25, 0.3) is 0 Å². The maximum absolute atomic E-state index is 12.9. The molecule has 0 atom stereocenters. The Morgan fingerprint density at radius 2 is 2.17 bits per heavy atom. The van der Waals surface area contributed by atoms with Crippen molar-refractivity contribution in [1.82, 2.24) is 0 Å². The number of aromatic carboxylic acids is 1. The fourth-order valence-corrected chi connectivity index (χ4v) is 1.60. The molecule has 2 aromatic rings. The fraction of sp³-hybridized carbons (Fsp3) is 0.154. The number of carboxylic acids is 1. The van der Waals surface area contributed by atoms with Crippen LogP contribution in [0.15, 0.2) is 34.7 Å². The Kier molecular flexibility index (Phi) is 3.32. The van der Waals surface area contributed by atoms with Gasteiger partial charge in [-0.05, 0) is 42.8 Å². The molecule has 1 heterocycles. The summed E-state index contributed by atoms with van der Waals surface area (Å²) in [6.07, 6.45) is 0. The van der Waals surface area contributed by atoms with E-state index in [0.29, 0.717) is 12.3 Å². The first-order valence-electron chi connectivity index (χ1n) is 5.38. The number of carbonyl (C=O) groups is 1. The second-order valence-electron chi connectivity index (χ2n) is 3.88. The molecule has 4 nitrogen and oxygen atoms in total. The largest absolute Gasteiger partial charge is 0.475 e. The molecular formula is C13H12FNO3. The Hall–Kier alpha value is -2.30. The lowest BCUT2D eigenvalue weighted by atomic mass is 10.2. The smallest absolute Gasteiger partial charge is 0.371 e. The van der Waals surface area contributed by atoms with Gasteiger partial charge in [0.2, 0.25) is 5.76 Å². The van der Waals surface area contributed by atoms with Crippen molar-refractivity contribution < 1.29 is 18.7 Å². The van der Waals surface area contributed by atoms with Gasteiger partial charge in [-0.3, -0.25) is 0 Å². The highest BCUT2D eigenvalue weighted by Crippen LogP contribution is 2.17. The standard InChI is InChI=1S/C13H12FNO3/c1-8-6-9(14)2-4-11(8)15-7-10-3-5-12(18-10)13(16)17/h2-6,15H,7H2,1H3,(H,16,17). The van der Waals surface area contributed by atoms with Crippen molar-refractivity contribution in [3.05, 3.63) is 53.2 Å². The molecular weight excluding hydrogens is 237 g/mol. The van der Waals surface area contributed by atoms with E-state index in [4.69, 9.17) is 9.52 Å². The van der Waals surface area contributed by atoms with Crippen molar-refractivity contribution in [3.63, 3.8) is 0 Å². The quantitative estimate of drug-likeness (QED) is 0.874. The van der Waals surface area contributed by atoms with Gasteiger partial charge in [0.1, 0.15) is 11.6 Å². The summed E-state index contributed by atoms with van der Waals surface area (Å²) >= 11 is 0. The van der Waals surface area contributed by atoms with Crippen LogP contribution in [0.25, 0.3) is 0 Å². The molecule has 0 saturated heterocycles. The van der Waals surface area contributed by atoms with E-state index in [0.717, 1.165) is 11.3 Å². The Morgan fingerprint density at radius 3 is 2.78 bits per heavy atom. The molecule has 0 aliphatic heterocycles. The van der Waals surface area contributed by atoms with Crippen LogP contribution in [0.2, 0.25) is 0 Å². The van der Waals surface area contributed by atoms with Crippen LogP contribution in [-0.2, 0) is 6.54 Å². The first-order valence-corrected chi connectivity index (χ1v) is 5.38. The minimum absolute atomic E-state index is 0.0948. The summed E-state index contributed by atoms with van der Waals surface area (Å²) in [5.74, 6) is -0.970. The summed E-state index contributed by atoms with van der Waals surface area (Å²) in [6.45, 7) is 2.13. The molecule has 1 aromatic carbocycles. The Morgan fingerprint density at radius 1 is 1.39 bits per heavy atom. The number of hydrogen-bond acceptors (Lipinski definition) is 3. The van der Waals surface area contributed by atoms with Crippen molar-refractivity contribution in [2.24, 2.45) is 0 Å². The lowest BCUT2D eigenvalue weighted by Gasteiger charge is -2.07. The van der Waals surface area contributed by atoms with Gasteiger partial charge >= 0.3 is 5.97 Å². The van der Waals surface area contributed by atoms with Gasteiger partial charge in [-0.15, -0.1) is 0 Å². The van der Waals surface area contributed by atoms with E-state index in [2.05, 4.69) is 5.32 Å². The van der Waals surface area contributed by atoms with Gasteiger partial charge < -0.3 is 14.8 Å². The zero-order chi connectivity index (χ0) is 13.1. The van der Waals surface area contributed by atoms with Crippen molar-refractivity contribution in [3.8, 4) is 0 Å². The summed E-state index contributed by atoms with van der Waals surface area (Å²) in [4.78, 5) is 10.6. The second-order valence-corrected chi connectivity index (χ2v) is 3.88.